The number of amides is 1. The highest BCUT2D eigenvalue weighted by Crippen LogP contribution is 2.27. The van der Waals surface area contributed by atoms with Gasteiger partial charge in [-0.1, -0.05) is 6.07 Å². The average molecular weight is 368 g/mol. The van der Waals surface area contributed by atoms with Crippen molar-refractivity contribution in [2.75, 3.05) is 14.2 Å². The lowest BCUT2D eigenvalue weighted by Crippen LogP contribution is -2.23. The van der Waals surface area contributed by atoms with Crippen LogP contribution in [0.3, 0.4) is 0 Å². The van der Waals surface area contributed by atoms with E-state index >= 15 is 0 Å². The molecule has 0 aliphatic heterocycles. The second kappa shape index (κ2) is 8.79. The number of ether oxygens (including phenoxy) is 2. The largest absolute Gasteiger partial charge is 0.493 e. The van der Waals surface area contributed by atoms with Gasteiger partial charge in [0, 0.05) is 37.3 Å². The number of nitrogens with one attached hydrogen (secondary N) is 1. The van der Waals surface area contributed by atoms with Gasteiger partial charge in [-0.05, 0) is 29.8 Å². The molecule has 3 aromatic rings. The molecule has 2 heterocycles. The minimum absolute atomic E-state index is 0.103. The van der Waals surface area contributed by atoms with Crippen molar-refractivity contribution in [2.45, 2.75) is 19.4 Å². The molecule has 0 saturated carbocycles. The molecule has 8 nitrogen and oxygen atoms in total. The Morgan fingerprint density at radius 1 is 1.07 bits per heavy atom. The van der Waals surface area contributed by atoms with Crippen molar-refractivity contribution in [3.63, 3.8) is 0 Å². The van der Waals surface area contributed by atoms with Gasteiger partial charge >= 0.3 is 0 Å². The summed E-state index contributed by atoms with van der Waals surface area (Å²) in [6.45, 7) is 0.394. The first-order valence-electron chi connectivity index (χ1n) is 8.40. The topological polar surface area (TPSA) is 99.4 Å². The fourth-order valence-corrected chi connectivity index (χ4v) is 2.47. The van der Waals surface area contributed by atoms with Gasteiger partial charge in [0.25, 0.3) is 0 Å². The summed E-state index contributed by atoms with van der Waals surface area (Å²) < 4.78 is 16.0. The van der Waals surface area contributed by atoms with Gasteiger partial charge in [0.1, 0.15) is 0 Å². The van der Waals surface area contributed by atoms with Gasteiger partial charge in [-0.2, -0.15) is 0 Å². The second-order valence-corrected chi connectivity index (χ2v) is 5.70. The molecule has 0 aliphatic rings. The summed E-state index contributed by atoms with van der Waals surface area (Å²) in [5.41, 5.74) is 1.71. The van der Waals surface area contributed by atoms with Crippen LogP contribution in [0.1, 0.15) is 17.9 Å². The Kier molecular flexibility index (Phi) is 5.98. The first-order chi connectivity index (χ1) is 13.2. The molecular weight excluding hydrogens is 348 g/mol. The first kappa shape index (κ1) is 18.4. The van der Waals surface area contributed by atoms with E-state index in [9.17, 15) is 4.79 Å². The quantitative estimate of drug-likeness (QED) is 0.652. The van der Waals surface area contributed by atoms with Crippen molar-refractivity contribution >= 4 is 5.91 Å². The summed E-state index contributed by atoms with van der Waals surface area (Å²) >= 11 is 0. The summed E-state index contributed by atoms with van der Waals surface area (Å²) in [6.07, 6.45) is 3.93. The number of nitrogens with zero attached hydrogens (tertiary/aromatic N) is 3. The van der Waals surface area contributed by atoms with Crippen LogP contribution in [0.5, 0.6) is 11.5 Å². The maximum absolute atomic E-state index is 12.1. The van der Waals surface area contributed by atoms with E-state index in [1.807, 2.05) is 12.1 Å². The number of pyridine rings is 1. The van der Waals surface area contributed by atoms with Crippen LogP contribution in [0.25, 0.3) is 11.5 Å². The number of methoxy groups -OCH3 is 2. The zero-order valence-corrected chi connectivity index (χ0v) is 15.1. The number of carbonyl (C=O) groups excluding carboxylic acids is 1. The summed E-state index contributed by atoms with van der Waals surface area (Å²) in [6, 6.07) is 9.08. The SMILES string of the molecule is COc1ccc(CNC(=O)CCc2nnc(-c3ccncc3)o2)cc1OC. The fraction of sp³-hybridized carbons (Fsp3) is 0.263. The van der Waals surface area contributed by atoms with Crippen LogP contribution in [0.15, 0.2) is 47.1 Å². The Balaban J connectivity index is 1.50. The van der Waals surface area contributed by atoms with Gasteiger partial charge in [-0.25, -0.2) is 0 Å². The predicted octanol–water partition coefficient (Wildman–Crippen LogP) is 2.40. The molecule has 3 rings (SSSR count). The molecular formula is C19H20N4O4. The highest BCUT2D eigenvalue weighted by Gasteiger charge is 2.11. The first-order valence-corrected chi connectivity index (χ1v) is 8.40. The normalized spacial score (nSPS) is 10.4. The fourth-order valence-electron chi connectivity index (χ4n) is 2.47. The van der Waals surface area contributed by atoms with Crippen molar-refractivity contribution in [1.29, 1.82) is 0 Å². The Morgan fingerprint density at radius 3 is 2.59 bits per heavy atom. The summed E-state index contributed by atoms with van der Waals surface area (Å²) in [5.74, 6) is 2.00. The van der Waals surface area contributed by atoms with E-state index in [2.05, 4.69) is 20.5 Å². The number of hydrogen-bond acceptors (Lipinski definition) is 7. The lowest BCUT2D eigenvalue weighted by Gasteiger charge is -2.10. The Labute approximate surface area is 156 Å². The van der Waals surface area contributed by atoms with E-state index < -0.39 is 0 Å². The monoisotopic (exact) mass is 368 g/mol. The third kappa shape index (κ3) is 4.81. The average Bonchev–Trinajstić information content (AvgIpc) is 3.20. The molecule has 0 unspecified atom stereocenters. The second-order valence-electron chi connectivity index (χ2n) is 5.70. The number of benzene rings is 1. The molecule has 0 radical (unpaired) electrons. The van der Waals surface area contributed by atoms with Crippen molar-refractivity contribution in [2.24, 2.45) is 0 Å². The highest BCUT2D eigenvalue weighted by molar-refractivity contribution is 5.76. The van der Waals surface area contributed by atoms with E-state index in [4.69, 9.17) is 13.9 Å². The van der Waals surface area contributed by atoms with Gasteiger partial charge < -0.3 is 19.2 Å². The number of aryl methyl sites for hydroxylation is 1. The van der Waals surface area contributed by atoms with E-state index in [1.54, 1.807) is 44.8 Å². The van der Waals surface area contributed by atoms with Crippen LogP contribution in [0.4, 0.5) is 0 Å². The summed E-state index contributed by atoms with van der Waals surface area (Å²) in [7, 11) is 3.15. The minimum Gasteiger partial charge on any atom is -0.493 e. The van der Waals surface area contributed by atoms with Gasteiger partial charge in [0.15, 0.2) is 11.5 Å². The van der Waals surface area contributed by atoms with Crippen LogP contribution < -0.4 is 14.8 Å². The molecule has 0 spiro atoms. The van der Waals surface area contributed by atoms with E-state index in [0.717, 1.165) is 11.1 Å². The third-order valence-electron chi connectivity index (χ3n) is 3.90. The predicted molar refractivity (Wildman–Crippen MR) is 97.2 cm³/mol. The van der Waals surface area contributed by atoms with Gasteiger partial charge in [0.05, 0.1) is 14.2 Å². The molecule has 0 fully saturated rings. The molecule has 1 amide bonds. The summed E-state index contributed by atoms with van der Waals surface area (Å²) in [4.78, 5) is 16.0. The Hall–Kier alpha value is -3.42. The standard InChI is InChI=1S/C19H20N4O4/c1-25-15-4-3-13(11-16(15)26-2)12-21-17(24)5-6-18-22-23-19(27-18)14-7-9-20-10-8-14/h3-4,7-11H,5-6,12H2,1-2H3,(H,21,24). The van der Waals surface area contributed by atoms with Crippen LogP contribution in [0, 0.1) is 0 Å². The van der Waals surface area contributed by atoms with E-state index in [0.29, 0.717) is 36.2 Å². The van der Waals surface area contributed by atoms with Crippen LogP contribution >= 0.6 is 0 Å². The van der Waals surface area contributed by atoms with Gasteiger partial charge in [0.2, 0.25) is 17.7 Å². The van der Waals surface area contributed by atoms with Crippen molar-refractivity contribution in [3.05, 3.63) is 54.2 Å². The molecule has 140 valence electrons. The Morgan fingerprint density at radius 2 is 1.85 bits per heavy atom. The molecule has 0 atom stereocenters. The van der Waals surface area contributed by atoms with E-state index in [-0.39, 0.29) is 12.3 Å². The molecule has 8 heteroatoms. The molecule has 1 aromatic carbocycles. The highest BCUT2D eigenvalue weighted by atomic mass is 16.5. The van der Waals surface area contributed by atoms with Crippen LogP contribution in [0.2, 0.25) is 0 Å². The number of hydrogen-bond donors (Lipinski definition) is 1. The summed E-state index contributed by atoms with van der Waals surface area (Å²) in [5, 5.41) is 10.8. The smallest absolute Gasteiger partial charge is 0.247 e. The molecule has 0 saturated heterocycles. The Bertz CT molecular complexity index is 896. The lowest BCUT2D eigenvalue weighted by molar-refractivity contribution is -0.121. The molecule has 0 aliphatic carbocycles. The van der Waals surface area contributed by atoms with Gasteiger partial charge in [-0.15, -0.1) is 10.2 Å². The van der Waals surface area contributed by atoms with Crippen LogP contribution in [-0.4, -0.2) is 35.3 Å². The molecule has 1 N–H and O–H groups in total. The number of carbonyl (C=O) groups is 1. The molecule has 0 bridgehead atoms. The molecule has 2 aromatic heterocycles. The van der Waals surface area contributed by atoms with Crippen molar-refractivity contribution in [3.8, 4) is 23.0 Å². The lowest BCUT2D eigenvalue weighted by atomic mass is 10.2. The maximum atomic E-state index is 12.1. The number of aromatic nitrogens is 3. The maximum Gasteiger partial charge on any atom is 0.247 e. The van der Waals surface area contributed by atoms with Crippen molar-refractivity contribution < 1.29 is 18.7 Å². The zero-order valence-electron chi connectivity index (χ0n) is 15.1. The van der Waals surface area contributed by atoms with Crippen LogP contribution in [-0.2, 0) is 17.8 Å². The van der Waals surface area contributed by atoms with E-state index in [1.165, 1.54) is 0 Å². The van der Waals surface area contributed by atoms with Gasteiger partial charge in [-0.3, -0.25) is 9.78 Å². The molecule has 27 heavy (non-hydrogen) atoms. The minimum atomic E-state index is -0.103. The zero-order chi connectivity index (χ0) is 19.1. The van der Waals surface area contributed by atoms with Crippen molar-refractivity contribution in [1.82, 2.24) is 20.5 Å². The third-order valence-corrected chi connectivity index (χ3v) is 3.90. The number of rotatable bonds is 8.